The number of anilines is 3. The molecule has 10 nitrogen and oxygen atoms in total. The van der Waals surface area contributed by atoms with Crippen LogP contribution >= 0.6 is 0 Å². The number of nitrogens with one attached hydrogen (secondary N) is 2. The summed E-state index contributed by atoms with van der Waals surface area (Å²) < 4.78 is 55.0. The van der Waals surface area contributed by atoms with Crippen LogP contribution < -0.4 is 15.4 Å². The molecule has 3 N–H and O–H groups in total. The molecule has 3 aromatic heterocycles. The van der Waals surface area contributed by atoms with E-state index in [0.29, 0.717) is 30.7 Å². The van der Waals surface area contributed by atoms with Gasteiger partial charge < -0.3 is 30.0 Å². The highest BCUT2D eigenvalue weighted by molar-refractivity contribution is 6.05. The van der Waals surface area contributed by atoms with Crippen molar-refractivity contribution in [3.05, 3.63) is 65.6 Å². The number of pyridine rings is 3. The van der Waals surface area contributed by atoms with Crippen molar-refractivity contribution in [2.45, 2.75) is 18.9 Å². The standard InChI is InChI=1S/C23H22F3N5O5/c1-22(35-8-9-36-22)16-11-20(34-7-6-32)29-13-17(16)30-21(33)14-4-5-27-19(10-14)31-18-3-2-15(12-28-18)23(24,25)26/h2-5,10-13,32H,6-9H2,1H3,(H,30,33)(H,27,28,31). The summed E-state index contributed by atoms with van der Waals surface area (Å²) in [5, 5.41) is 14.5. The highest BCUT2D eigenvalue weighted by Crippen LogP contribution is 2.37. The Bertz CT molecular complexity index is 1220. The maximum absolute atomic E-state index is 13.0. The lowest BCUT2D eigenvalue weighted by Crippen LogP contribution is -2.26. The summed E-state index contributed by atoms with van der Waals surface area (Å²) in [6.45, 7) is 2.26. The Balaban J connectivity index is 1.53. The Morgan fingerprint density at radius 3 is 2.56 bits per heavy atom. The van der Waals surface area contributed by atoms with Crippen LogP contribution in [0.2, 0.25) is 0 Å². The van der Waals surface area contributed by atoms with Gasteiger partial charge in [0.2, 0.25) is 5.88 Å². The number of hydrogen-bond acceptors (Lipinski definition) is 9. The summed E-state index contributed by atoms with van der Waals surface area (Å²) in [4.78, 5) is 25.0. The van der Waals surface area contributed by atoms with Crippen LogP contribution in [0.15, 0.2) is 48.9 Å². The first-order valence-electron chi connectivity index (χ1n) is 10.8. The Kier molecular flexibility index (Phi) is 7.33. The topological polar surface area (TPSA) is 128 Å². The SMILES string of the molecule is CC1(c2cc(OCCO)ncc2NC(=O)c2ccnc(Nc3ccc(C(F)(F)F)cn3)c2)OCCO1. The first-order chi connectivity index (χ1) is 17.2. The predicted octanol–water partition coefficient (Wildman–Crippen LogP) is 3.48. The van der Waals surface area contributed by atoms with Gasteiger partial charge in [0.25, 0.3) is 5.91 Å². The third kappa shape index (κ3) is 5.87. The fraction of sp³-hybridized carbons (Fsp3) is 0.304. The summed E-state index contributed by atoms with van der Waals surface area (Å²) >= 11 is 0. The summed E-state index contributed by atoms with van der Waals surface area (Å²) in [6.07, 6.45) is -1.03. The van der Waals surface area contributed by atoms with Crippen LogP contribution in [0.1, 0.15) is 28.4 Å². The number of amides is 1. The zero-order chi connectivity index (χ0) is 25.8. The molecule has 3 aromatic rings. The third-order valence-electron chi connectivity index (χ3n) is 5.16. The minimum atomic E-state index is -4.50. The molecule has 0 radical (unpaired) electrons. The van der Waals surface area contributed by atoms with Gasteiger partial charge in [-0.2, -0.15) is 13.2 Å². The Hall–Kier alpha value is -3.81. The number of aliphatic hydroxyl groups excluding tert-OH is 1. The van der Waals surface area contributed by atoms with Crippen molar-refractivity contribution in [2.75, 3.05) is 37.1 Å². The summed E-state index contributed by atoms with van der Waals surface area (Å²) in [6, 6.07) is 6.51. The number of halogens is 3. The number of nitrogens with zero attached hydrogens (tertiary/aromatic N) is 3. The zero-order valence-corrected chi connectivity index (χ0v) is 19.0. The smallest absolute Gasteiger partial charge is 0.417 e. The van der Waals surface area contributed by atoms with Gasteiger partial charge in [-0.3, -0.25) is 4.79 Å². The van der Waals surface area contributed by atoms with E-state index >= 15 is 0 Å². The molecule has 1 saturated heterocycles. The highest BCUT2D eigenvalue weighted by Gasteiger charge is 2.36. The van der Waals surface area contributed by atoms with E-state index in [-0.39, 0.29) is 36.3 Å². The first-order valence-corrected chi connectivity index (χ1v) is 10.8. The minimum Gasteiger partial charge on any atom is -0.475 e. The average molecular weight is 505 g/mol. The molecule has 0 aliphatic carbocycles. The van der Waals surface area contributed by atoms with Gasteiger partial charge in [0.05, 0.1) is 37.3 Å². The molecule has 4 rings (SSSR count). The quantitative estimate of drug-likeness (QED) is 0.422. The van der Waals surface area contributed by atoms with E-state index < -0.39 is 23.4 Å². The molecule has 1 aliphatic rings. The Morgan fingerprint density at radius 2 is 1.89 bits per heavy atom. The largest absolute Gasteiger partial charge is 0.475 e. The van der Waals surface area contributed by atoms with Crippen molar-refractivity contribution in [3.8, 4) is 5.88 Å². The van der Waals surface area contributed by atoms with Gasteiger partial charge in [-0.1, -0.05) is 0 Å². The number of aromatic nitrogens is 3. The Labute approximate surface area is 203 Å². The minimum absolute atomic E-state index is 0.0388. The average Bonchev–Trinajstić information content (AvgIpc) is 3.30. The normalized spacial score (nSPS) is 14.9. The first kappa shape index (κ1) is 25.3. The number of carbonyl (C=O) groups is 1. The predicted molar refractivity (Wildman–Crippen MR) is 121 cm³/mol. The van der Waals surface area contributed by atoms with Crippen LogP contribution in [0, 0.1) is 0 Å². The highest BCUT2D eigenvalue weighted by atomic mass is 19.4. The van der Waals surface area contributed by atoms with E-state index in [2.05, 4.69) is 25.6 Å². The molecule has 1 aliphatic heterocycles. The fourth-order valence-corrected chi connectivity index (χ4v) is 3.41. The van der Waals surface area contributed by atoms with E-state index in [1.807, 2.05) is 0 Å². The van der Waals surface area contributed by atoms with Gasteiger partial charge in [-0.25, -0.2) is 15.0 Å². The summed E-state index contributed by atoms with van der Waals surface area (Å²) in [5.41, 5.74) is 0.119. The second kappa shape index (κ2) is 10.4. The molecule has 190 valence electrons. The van der Waals surface area contributed by atoms with Crippen molar-refractivity contribution < 1.29 is 37.3 Å². The molecular weight excluding hydrogens is 483 g/mol. The van der Waals surface area contributed by atoms with Crippen LogP contribution in [-0.4, -0.2) is 52.4 Å². The van der Waals surface area contributed by atoms with Crippen molar-refractivity contribution in [1.82, 2.24) is 15.0 Å². The number of alkyl halides is 3. The van der Waals surface area contributed by atoms with Crippen molar-refractivity contribution in [3.63, 3.8) is 0 Å². The van der Waals surface area contributed by atoms with Crippen LogP contribution in [0.25, 0.3) is 0 Å². The lowest BCUT2D eigenvalue weighted by atomic mass is 10.1. The Morgan fingerprint density at radius 1 is 1.11 bits per heavy atom. The lowest BCUT2D eigenvalue weighted by molar-refractivity contribution is -0.149. The van der Waals surface area contributed by atoms with E-state index in [0.717, 1.165) is 12.1 Å². The number of carbonyl (C=O) groups excluding carboxylic acids is 1. The maximum Gasteiger partial charge on any atom is 0.417 e. The van der Waals surface area contributed by atoms with E-state index in [1.54, 1.807) is 13.0 Å². The van der Waals surface area contributed by atoms with Crippen LogP contribution in [-0.2, 0) is 21.4 Å². The van der Waals surface area contributed by atoms with Crippen molar-refractivity contribution in [1.29, 1.82) is 0 Å². The molecule has 0 atom stereocenters. The van der Waals surface area contributed by atoms with Gasteiger partial charge in [-0.15, -0.1) is 0 Å². The van der Waals surface area contributed by atoms with Gasteiger partial charge in [0, 0.05) is 29.6 Å². The number of aliphatic hydroxyl groups is 1. The van der Waals surface area contributed by atoms with Crippen LogP contribution in [0.4, 0.5) is 30.5 Å². The summed E-state index contributed by atoms with van der Waals surface area (Å²) in [7, 11) is 0. The van der Waals surface area contributed by atoms with Gasteiger partial charge in [0.1, 0.15) is 18.2 Å². The molecule has 0 bridgehead atoms. The van der Waals surface area contributed by atoms with Gasteiger partial charge in [-0.05, 0) is 31.2 Å². The molecule has 1 fully saturated rings. The van der Waals surface area contributed by atoms with E-state index in [9.17, 15) is 18.0 Å². The molecule has 4 heterocycles. The second-order valence-corrected chi connectivity index (χ2v) is 7.72. The molecule has 0 spiro atoms. The molecule has 0 unspecified atom stereocenters. The number of hydrogen-bond donors (Lipinski definition) is 3. The maximum atomic E-state index is 13.0. The molecule has 0 saturated carbocycles. The number of rotatable bonds is 8. The molecule has 1 amide bonds. The molecular formula is C23H22F3N5O5. The molecule has 13 heteroatoms. The molecule has 36 heavy (non-hydrogen) atoms. The van der Waals surface area contributed by atoms with Gasteiger partial charge in [0.15, 0.2) is 5.79 Å². The second-order valence-electron chi connectivity index (χ2n) is 7.72. The van der Waals surface area contributed by atoms with Crippen LogP contribution in [0.5, 0.6) is 5.88 Å². The van der Waals surface area contributed by atoms with Crippen molar-refractivity contribution >= 4 is 23.2 Å². The van der Waals surface area contributed by atoms with E-state index in [4.69, 9.17) is 19.3 Å². The van der Waals surface area contributed by atoms with E-state index in [1.165, 1.54) is 24.5 Å². The lowest BCUT2D eigenvalue weighted by Gasteiger charge is -2.25. The van der Waals surface area contributed by atoms with Gasteiger partial charge >= 0.3 is 6.18 Å². The molecule has 0 aromatic carbocycles. The van der Waals surface area contributed by atoms with Crippen molar-refractivity contribution in [2.24, 2.45) is 0 Å². The third-order valence-corrected chi connectivity index (χ3v) is 5.16. The monoisotopic (exact) mass is 505 g/mol. The fourth-order valence-electron chi connectivity index (χ4n) is 3.41. The number of ether oxygens (including phenoxy) is 3. The zero-order valence-electron chi connectivity index (χ0n) is 19.0. The summed E-state index contributed by atoms with van der Waals surface area (Å²) in [5.74, 6) is -1.11. The van der Waals surface area contributed by atoms with Crippen LogP contribution in [0.3, 0.4) is 0 Å².